The van der Waals surface area contributed by atoms with Crippen LogP contribution >= 0.6 is 0 Å². The Kier molecular flexibility index (Phi) is 3.22. The maximum Gasteiger partial charge on any atom is 0.349 e. The van der Waals surface area contributed by atoms with E-state index in [0.29, 0.717) is 6.61 Å². The van der Waals surface area contributed by atoms with Crippen molar-refractivity contribution in [2.45, 2.75) is 26.2 Å². The summed E-state index contributed by atoms with van der Waals surface area (Å²) in [5.74, 6) is -0.507. The van der Waals surface area contributed by atoms with E-state index in [1.54, 1.807) is 6.92 Å². The van der Waals surface area contributed by atoms with E-state index >= 15 is 0 Å². The molecule has 0 aliphatic heterocycles. The fraction of sp³-hybridized carbons (Fsp3) is 0.750. The molecule has 1 aliphatic rings. The predicted octanol–water partition coefficient (Wildman–Crippen LogP) is 0.850. The highest BCUT2D eigenvalue weighted by molar-refractivity contribution is 5.97. The van der Waals surface area contributed by atoms with Crippen LogP contribution in [-0.4, -0.2) is 18.4 Å². The second kappa shape index (κ2) is 4.21. The lowest BCUT2D eigenvalue weighted by Gasteiger charge is -1.99. The zero-order valence-electron chi connectivity index (χ0n) is 7.04. The van der Waals surface area contributed by atoms with Crippen molar-refractivity contribution in [3.8, 4) is 0 Å². The Morgan fingerprint density at radius 3 is 2.58 bits per heavy atom. The molecule has 12 heavy (non-hydrogen) atoms. The van der Waals surface area contributed by atoms with Gasteiger partial charge in [0.25, 0.3) is 0 Å². The highest BCUT2D eigenvalue weighted by Gasteiger charge is 2.31. The lowest BCUT2D eigenvalue weighted by Crippen LogP contribution is -2.12. The monoisotopic (exact) mass is 172 g/mol. The normalized spacial score (nSPS) is 15.8. The average molecular weight is 172 g/mol. The molecule has 0 aromatic carbocycles. The Labute approximate surface area is 70.8 Å². The highest BCUT2D eigenvalue weighted by Crippen LogP contribution is 2.30. The van der Waals surface area contributed by atoms with Gasteiger partial charge in [-0.2, -0.15) is 4.89 Å². The van der Waals surface area contributed by atoms with Gasteiger partial charge in [0.2, 0.25) is 0 Å². The Morgan fingerprint density at radius 2 is 2.08 bits per heavy atom. The molecule has 0 spiro atoms. The summed E-state index contributed by atoms with van der Waals surface area (Å²) < 4.78 is 0. The molecule has 4 heteroatoms. The molecule has 0 unspecified atom stereocenters. The smallest absolute Gasteiger partial charge is 0.299 e. The van der Waals surface area contributed by atoms with Crippen molar-refractivity contribution in [2.75, 3.05) is 6.61 Å². The Bertz CT molecular complexity index is 183. The maximum atomic E-state index is 11.0. The molecule has 0 radical (unpaired) electrons. The summed E-state index contributed by atoms with van der Waals surface area (Å²) in [7, 11) is 0. The molecule has 0 saturated heterocycles. The number of hydrogen-bond donors (Lipinski definition) is 0. The van der Waals surface area contributed by atoms with Crippen molar-refractivity contribution in [1.82, 2.24) is 0 Å². The van der Waals surface area contributed by atoms with Gasteiger partial charge in [0.05, 0.1) is 6.61 Å². The fourth-order valence-corrected chi connectivity index (χ4v) is 0.846. The zero-order valence-corrected chi connectivity index (χ0v) is 7.04. The second-order valence-electron chi connectivity index (χ2n) is 2.78. The van der Waals surface area contributed by atoms with Crippen LogP contribution in [0.3, 0.4) is 0 Å². The number of carbonyl (C=O) groups excluding carboxylic acids is 2. The van der Waals surface area contributed by atoms with Crippen molar-refractivity contribution in [2.24, 2.45) is 5.92 Å². The van der Waals surface area contributed by atoms with Crippen molar-refractivity contribution in [3.63, 3.8) is 0 Å². The largest absolute Gasteiger partial charge is 0.349 e. The van der Waals surface area contributed by atoms with Crippen molar-refractivity contribution in [1.29, 1.82) is 0 Å². The molecule has 1 saturated carbocycles. The van der Waals surface area contributed by atoms with Crippen LogP contribution in [0.5, 0.6) is 0 Å². The summed E-state index contributed by atoms with van der Waals surface area (Å²) >= 11 is 0. The van der Waals surface area contributed by atoms with Gasteiger partial charge in [-0.3, -0.25) is 9.68 Å². The average Bonchev–Trinajstić information content (AvgIpc) is 2.82. The number of hydrogen-bond acceptors (Lipinski definition) is 4. The molecular weight excluding hydrogens is 160 g/mol. The van der Waals surface area contributed by atoms with E-state index in [1.165, 1.54) is 0 Å². The van der Waals surface area contributed by atoms with Crippen LogP contribution in [0.1, 0.15) is 26.2 Å². The van der Waals surface area contributed by atoms with E-state index in [0.717, 1.165) is 12.8 Å². The summed E-state index contributed by atoms with van der Waals surface area (Å²) in [6, 6.07) is 0. The summed E-state index contributed by atoms with van der Waals surface area (Å²) in [5, 5.41) is 0. The van der Waals surface area contributed by atoms with E-state index in [2.05, 4.69) is 9.78 Å². The van der Waals surface area contributed by atoms with Gasteiger partial charge in [0.15, 0.2) is 0 Å². The maximum absolute atomic E-state index is 11.0. The Hall–Kier alpha value is -0.900. The van der Waals surface area contributed by atoms with Gasteiger partial charge in [-0.25, -0.2) is 4.79 Å². The molecule has 1 aliphatic carbocycles. The van der Waals surface area contributed by atoms with Gasteiger partial charge in [0.1, 0.15) is 12.2 Å². The summed E-state index contributed by atoms with van der Waals surface area (Å²) in [6.45, 7) is 2.01. The van der Waals surface area contributed by atoms with Crippen LogP contribution in [0.15, 0.2) is 0 Å². The first-order valence-corrected chi connectivity index (χ1v) is 4.09. The first-order valence-electron chi connectivity index (χ1n) is 4.09. The SMILES string of the molecule is CCOOC(=O)CC(=O)C1CC1. The van der Waals surface area contributed by atoms with Gasteiger partial charge in [-0.05, 0) is 19.8 Å². The summed E-state index contributed by atoms with van der Waals surface area (Å²) in [6.07, 6.45) is 1.69. The van der Waals surface area contributed by atoms with Gasteiger partial charge >= 0.3 is 5.97 Å². The molecular formula is C8H12O4. The predicted molar refractivity (Wildman–Crippen MR) is 40.1 cm³/mol. The molecule has 68 valence electrons. The third kappa shape index (κ3) is 3.00. The number of carbonyl (C=O) groups is 2. The van der Waals surface area contributed by atoms with Crippen LogP contribution in [0.4, 0.5) is 0 Å². The van der Waals surface area contributed by atoms with E-state index < -0.39 is 5.97 Å². The first-order chi connectivity index (χ1) is 5.74. The van der Waals surface area contributed by atoms with E-state index in [9.17, 15) is 9.59 Å². The van der Waals surface area contributed by atoms with Crippen LogP contribution in [0.25, 0.3) is 0 Å². The first kappa shape index (κ1) is 9.19. The molecule has 0 aromatic rings. The van der Waals surface area contributed by atoms with Gasteiger partial charge < -0.3 is 0 Å². The molecule has 0 atom stereocenters. The van der Waals surface area contributed by atoms with Crippen molar-refractivity contribution in [3.05, 3.63) is 0 Å². The number of Topliss-reactive ketones (excluding diaryl/α,β-unsaturated/α-hetero) is 1. The van der Waals surface area contributed by atoms with Crippen LogP contribution in [0.2, 0.25) is 0 Å². The summed E-state index contributed by atoms with van der Waals surface area (Å²) in [5.41, 5.74) is 0. The minimum Gasteiger partial charge on any atom is -0.299 e. The molecule has 0 heterocycles. The Morgan fingerprint density at radius 1 is 1.42 bits per heavy atom. The standard InChI is InChI=1S/C8H12O4/c1-2-11-12-8(10)5-7(9)6-3-4-6/h6H,2-5H2,1H3. The van der Waals surface area contributed by atoms with Crippen molar-refractivity contribution < 1.29 is 19.4 Å². The third-order valence-electron chi connectivity index (χ3n) is 1.62. The molecule has 0 aromatic heterocycles. The third-order valence-corrected chi connectivity index (χ3v) is 1.62. The number of rotatable bonds is 5. The Balaban J connectivity index is 2.11. The van der Waals surface area contributed by atoms with Gasteiger partial charge in [-0.15, -0.1) is 0 Å². The fourth-order valence-electron chi connectivity index (χ4n) is 0.846. The van der Waals surface area contributed by atoms with Gasteiger partial charge in [-0.1, -0.05) is 0 Å². The molecule has 0 bridgehead atoms. The second-order valence-corrected chi connectivity index (χ2v) is 2.78. The van der Waals surface area contributed by atoms with E-state index in [-0.39, 0.29) is 18.1 Å². The van der Waals surface area contributed by atoms with Crippen LogP contribution in [0, 0.1) is 5.92 Å². The van der Waals surface area contributed by atoms with Gasteiger partial charge in [0, 0.05) is 5.92 Å². The molecule has 0 N–H and O–H groups in total. The van der Waals surface area contributed by atoms with Crippen LogP contribution in [-0.2, 0) is 19.4 Å². The lowest BCUT2D eigenvalue weighted by atomic mass is 10.2. The molecule has 1 fully saturated rings. The lowest BCUT2D eigenvalue weighted by molar-refractivity contribution is -0.269. The topological polar surface area (TPSA) is 52.6 Å². The minimum absolute atomic E-state index is 0.0281. The quantitative estimate of drug-likeness (QED) is 0.350. The highest BCUT2D eigenvalue weighted by atomic mass is 17.2. The zero-order chi connectivity index (χ0) is 8.97. The molecule has 0 amide bonds. The molecule has 4 nitrogen and oxygen atoms in total. The van der Waals surface area contributed by atoms with Crippen LogP contribution < -0.4 is 0 Å². The molecule has 1 rings (SSSR count). The van der Waals surface area contributed by atoms with E-state index in [4.69, 9.17) is 0 Å². The van der Waals surface area contributed by atoms with E-state index in [1.807, 2.05) is 0 Å². The minimum atomic E-state index is -0.589. The van der Waals surface area contributed by atoms with Crippen molar-refractivity contribution >= 4 is 11.8 Å². The number of ketones is 1. The summed E-state index contributed by atoms with van der Waals surface area (Å²) in [4.78, 5) is 30.5.